The second-order valence-electron chi connectivity index (χ2n) is 7.07. The lowest BCUT2D eigenvalue weighted by molar-refractivity contribution is 0.0259. The van der Waals surface area contributed by atoms with E-state index in [4.69, 9.17) is 4.74 Å². The Hall–Kier alpha value is -1.64. The van der Waals surface area contributed by atoms with Crippen LogP contribution in [0.1, 0.15) is 18.4 Å². The van der Waals surface area contributed by atoms with Gasteiger partial charge in [0.1, 0.15) is 0 Å². The van der Waals surface area contributed by atoms with Gasteiger partial charge in [-0.2, -0.15) is 0 Å². The summed E-state index contributed by atoms with van der Waals surface area (Å²) in [6.07, 6.45) is 1.80. The average Bonchev–Trinajstić information content (AvgIpc) is 2.63. The molecule has 0 bridgehead atoms. The summed E-state index contributed by atoms with van der Waals surface area (Å²) in [7, 11) is -3.83. The zero-order valence-corrected chi connectivity index (χ0v) is 16.0. The predicted molar refractivity (Wildman–Crippen MR) is 98.5 cm³/mol. The van der Waals surface area contributed by atoms with Crippen molar-refractivity contribution in [3.8, 4) is 0 Å². The second kappa shape index (κ2) is 8.37. The molecule has 2 amide bonds. The highest BCUT2D eigenvalue weighted by molar-refractivity contribution is 7.90. The third-order valence-corrected chi connectivity index (χ3v) is 6.41. The van der Waals surface area contributed by atoms with Crippen molar-refractivity contribution in [2.24, 2.45) is 5.92 Å². The molecular formula is C18H27N3O4S. The smallest absolute Gasteiger partial charge is 0.331 e. The van der Waals surface area contributed by atoms with Gasteiger partial charge in [0.25, 0.3) is 10.0 Å². The number of amides is 2. The zero-order valence-electron chi connectivity index (χ0n) is 15.2. The maximum atomic E-state index is 12.4. The van der Waals surface area contributed by atoms with Crippen molar-refractivity contribution in [2.75, 3.05) is 45.9 Å². The molecule has 2 aliphatic rings. The van der Waals surface area contributed by atoms with Gasteiger partial charge in [-0.05, 0) is 37.8 Å². The number of hydrogen-bond acceptors (Lipinski definition) is 5. The van der Waals surface area contributed by atoms with E-state index in [-0.39, 0.29) is 4.90 Å². The number of urea groups is 1. The van der Waals surface area contributed by atoms with E-state index in [0.29, 0.717) is 19.0 Å². The van der Waals surface area contributed by atoms with E-state index < -0.39 is 16.1 Å². The lowest BCUT2D eigenvalue weighted by atomic mass is 9.96. The molecule has 1 aromatic carbocycles. The number of piperidine rings is 1. The molecule has 0 radical (unpaired) electrons. The first-order chi connectivity index (χ1) is 12.4. The second-order valence-corrected chi connectivity index (χ2v) is 8.75. The largest absolute Gasteiger partial charge is 0.379 e. The molecule has 1 N–H and O–H groups in total. The highest BCUT2D eigenvalue weighted by Gasteiger charge is 2.27. The molecular weight excluding hydrogens is 354 g/mol. The van der Waals surface area contributed by atoms with E-state index in [1.807, 2.05) is 6.92 Å². The van der Waals surface area contributed by atoms with Crippen LogP contribution in [0.4, 0.5) is 4.79 Å². The SMILES string of the molecule is Cc1ccc(S(=O)(=O)NC(=O)N2CCC(CN3CCOCC3)CC2)cc1. The highest BCUT2D eigenvalue weighted by Crippen LogP contribution is 2.19. The fourth-order valence-electron chi connectivity index (χ4n) is 3.42. The number of nitrogens with one attached hydrogen (secondary N) is 1. The maximum absolute atomic E-state index is 12.4. The quantitative estimate of drug-likeness (QED) is 0.854. The molecule has 8 heteroatoms. The number of rotatable bonds is 4. The van der Waals surface area contributed by atoms with E-state index in [0.717, 1.165) is 51.3 Å². The van der Waals surface area contributed by atoms with Gasteiger partial charge in [-0.3, -0.25) is 4.90 Å². The average molecular weight is 381 g/mol. The maximum Gasteiger partial charge on any atom is 0.331 e. The first-order valence-electron chi connectivity index (χ1n) is 9.12. The molecule has 7 nitrogen and oxygen atoms in total. The summed E-state index contributed by atoms with van der Waals surface area (Å²) < 4.78 is 32.3. The lowest BCUT2D eigenvalue weighted by Gasteiger charge is -2.35. The Balaban J connectivity index is 1.49. The van der Waals surface area contributed by atoms with Gasteiger partial charge in [-0.15, -0.1) is 0 Å². The molecule has 0 aliphatic carbocycles. The summed E-state index contributed by atoms with van der Waals surface area (Å²) in [6, 6.07) is 5.93. The van der Waals surface area contributed by atoms with E-state index in [1.54, 1.807) is 17.0 Å². The molecule has 144 valence electrons. The minimum absolute atomic E-state index is 0.110. The van der Waals surface area contributed by atoms with Crippen molar-refractivity contribution in [1.82, 2.24) is 14.5 Å². The molecule has 0 spiro atoms. The van der Waals surface area contributed by atoms with Gasteiger partial charge in [0.15, 0.2) is 0 Å². The van der Waals surface area contributed by atoms with Crippen molar-refractivity contribution < 1.29 is 17.9 Å². The minimum Gasteiger partial charge on any atom is -0.379 e. The summed E-state index contributed by atoms with van der Waals surface area (Å²) in [4.78, 5) is 16.5. The monoisotopic (exact) mass is 381 g/mol. The Labute approximate surface area is 155 Å². The van der Waals surface area contributed by atoms with Crippen LogP contribution in [0.5, 0.6) is 0 Å². The first-order valence-corrected chi connectivity index (χ1v) is 10.6. The van der Waals surface area contributed by atoms with Gasteiger partial charge in [-0.25, -0.2) is 17.9 Å². The highest BCUT2D eigenvalue weighted by atomic mass is 32.2. The normalized spacial score (nSPS) is 20.1. The van der Waals surface area contributed by atoms with Crippen LogP contribution in [0.3, 0.4) is 0 Å². The number of hydrogen-bond donors (Lipinski definition) is 1. The van der Waals surface area contributed by atoms with Crippen LogP contribution in [-0.4, -0.2) is 70.2 Å². The summed E-state index contributed by atoms with van der Waals surface area (Å²) in [5.74, 6) is 0.547. The Kier molecular flexibility index (Phi) is 6.16. The molecule has 0 unspecified atom stereocenters. The molecule has 2 saturated heterocycles. The molecule has 26 heavy (non-hydrogen) atoms. The molecule has 2 aliphatic heterocycles. The predicted octanol–water partition coefficient (Wildman–Crippen LogP) is 1.44. The molecule has 3 rings (SSSR count). The summed E-state index contributed by atoms with van der Waals surface area (Å²) in [5.41, 5.74) is 0.970. The number of morpholine rings is 1. The Morgan fingerprint density at radius 1 is 1.12 bits per heavy atom. The van der Waals surface area contributed by atoms with E-state index in [9.17, 15) is 13.2 Å². The van der Waals surface area contributed by atoms with Gasteiger partial charge in [0.05, 0.1) is 18.1 Å². The van der Waals surface area contributed by atoms with Gasteiger partial charge >= 0.3 is 6.03 Å². The fourth-order valence-corrected chi connectivity index (χ4v) is 4.39. The Morgan fingerprint density at radius 2 is 1.73 bits per heavy atom. The van der Waals surface area contributed by atoms with Crippen LogP contribution >= 0.6 is 0 Å². The summed E-state index contributed by atoms with van der Waals surface area (Å²) >= 11 is 0. The van der Waals surface area contributed by atoms with Crippen LogP contribution < -0.4 is 4.72 Å². The standard InChI is InChI=1S/C18H27N3O4S/c1-15-2-4-17(5-3-15)26(23,24)19-18(22)21-8-6-16(7-9-21)14-20-10-12-25-13-11-20/h2-5,16H,6-14H2,1H3,(H,19,22). The number of ether oxygens (including phenoxy) is 1. The van der Waals surface area contributed by atoms with Crippen LogP contribution in [0, 0.1) is 12.8 Å². The number of likely N-dealkylation sites (tertiary alicyclic amines) is 1. The molecule has 0 aromatic heterocycles. The number of aryl methyl sites for hydroxylation is 1. The van der Waals surface area contributed by atoms with Gasteiger partial charge in [0.2, 0.25) is 0 Å². The number of carbonyl (C=O) groups is 1. The Bertz CT molecular complexity index is 706. The third-order valence-electron chi connectivity index (χ3n) is 5.07. The van der Waals surface area contributed by atoms with Crippen LogP contribution in [-0.2, 0) is 14.8 Å². The topological polar surface area (TPSA) is 79.0 Å². The van der Waals surface area contributed by atoms with Gasteiger partial charge < -0.3 is 9.64 Å². The number of carbonyl (C=O) groups excluding carboxylic acids is 1. The van der Waals surface area contributed by atoms with Crippen LogP contribution in [0.25, 0.3) is 0 Å². The molecule has 1 aromatic rings. The fraction of sp³-hybridized carbons (Fsp3) is 0.611. The van der Waals surface area contributed by atoms with Crippen molar-refractivity contribution in [3.63, 3.8) is 0 Å². The van der Waals surface area contributed by atoms with Crippen molar-refractivity contribution in [3.05, 3.63) is 29.8 Å². The number of benzene rings is 1. The van der Waals surface area contributed by atoms with Crippen molar-refractivity contribution in [2.45, 2.75) is 24.7 Å². The van der Waals surface area contributed by atoms with Crippen LogP contribution in [0.2, 0.25) is 0 Å². The molecule has 2 fully saturated rings. The van der Waals surface area contributed by atoms with Gasteiger partial charge in [0, 0.05) is 32.7 Å². The third kappa shape index (κ3) is 4.96. The number of nitrogens with zero attached hydrogens (tertiary/aromatic N) is 2. The first kappa shape index (κ1) is 19.1. The molecule has 0 atom stereocenters. The molecule has 2 heterocycles. The lowest BCUT2D eigenvalue weighted by Crippen LogP contribution is -2.48. The number of sulfonamides is 1. The van der Waals surface area contributed by atoms with Gasteiger partial charge in [-0.1, -0.05) is 17.7 Å². The molecule has 0 saturated carbocycles. The Morgan fingerprint density at radius 3 is 2.35 bits per heavy atom. The van der Waals surface area contributed by atoms with Crippen LogP contribution in [0.15, 0.2) is 29.2 Å². The minimum atomic E-state index is -3.83. The summed E-state index contributed by atoms with van der Waals surface area (Å²) in [5, 5.41) is 0. The van der Waals surface area contributed by atoms with E-state index in [2.05, 4.69) is 9.62 Å². The van der Waals surface area contributed by atoms with Crippen molar-refractivity contribution in [1.29, 1.82) is 0 Å². The van der Waals surface area contributed by atoms with Crippen molar-refractivity contribution >= 4 is 16.1 Å². The summed E-state index contributed by atoms with van der Waals surface area (Å²) in [6.45, 7) is 7.60. The van der Waals surface area contributed by atoms with E-state index in [1.165, 1.54) is 12.1 Å². The zero-order chi connectivity index (χ0) is 18.6. The van der Waals surface area contributed by atoms with E-state index >= 15 is 0 Å².